The molecule has 120 valence electrons. The molecule has 2 N–H and O–H groups in total. The van der Waals surface area contributed by atoms with Gasteiger partial charge in [0.05, 0.1) is 12.0 Å². The summed E-state index contributed by atoms with van der Waals surface area (Å²) in [5, 5.41) is 9.95. The van der Waals surface area contributed by atoms with Gasteiger partial charge in [-0.05, 0) is 49.7 Å². The van der Waals surface area contributed by atoms with E-state index in [0.29, 0.717) is 22.8 Å². The largest absolute Gasteiger partial charge is 0.497 e. The van der Waals surface area contributed by atoms with Crippen molar-refractivity contribution in [3.8, 4) is 5.75 Å². The highest BCUT2D eigenvalue weighted by molar-refractivity contribution is 7.89. The number of nitrogens with one attached hydrogen (secondary N) is 1. The predicted octanol–water partition coefficient (Wildman–Crippen LogP) is 1.92. The minimum atomic E-state index is -3.72. The van der Waals surface area contributed by atoms with E-state index in [1.54, 1.807) is 38.1 Å². The number of ether oxygens (including phenoxy) is 1. The number of benzene rings is 1. The Kier molecular flexibility index (Phi) is 4.90. The molecule has 1 aromatic heterocycles. The molecule has 1 atom stereocenters. The van der Waals surface area contributed by atoms with Gasteiger partial charge in [0.1, 0.15) is 23.4 Å². The maximum absolute atomic E-state index is 12.3. The van der Waals surface area contributed by atoms with Crippen molar-refractivity contribution in [1.29, 1.82) is 0 Å². The fourth-order valence-electron chi connectivity index (χ4n) is 2.05. The summed E-state index contributed by atoms with van der Waals surface area (Å²) in [7, 11) is -2.20. The normalized spacial score (nSPS) is 13.1. The molecule has 7 heteroatoms. The van der Waals surface area contributed by atoms with Crippen LogP contribution in [0.2, 0.25) is 0 Å². The van der Waals surface area contributed by atoms with Crippen molar-refractivity contribution in [1.82, 2.24) is 4.72 Å². The van der Waals surface area contributed by atoms with Crippen LogP contribution in [0.5, 0.6) is 5.75 Å². The Bertz CT molecular complexity index is 751. The average Bonchev–Trinajstić information content (AvgIpc) is 2.91. The van der Waals surface area contributed by atoms with Crippen LogP contribution in [0.1, 0.15) is 23.2 Å². The van der Waals surface area contributed by atoms with Crippen molar-refractivity contribution in [2.24, 2.45) is 0 Å². The fourth-order valence-corrected chi connectivity index (χ4v) is 3.31. The Morgan fingerprint density at radius 3 is 2.55 bits per heavy atom. The van der Waals surface area contributed by atoms with Crippen LogP contribution in [0.3, 0.4) is 0 Å². The lowest BCUT2D eigenvalue weighted by Gasteiger charge is -2.12. The van der Waals surface area contributed by atoms with E-state index in [-0.39, 0.29) is 11.4 Å². The lowest BCUT2D eigenvalue weighted by molar-refractivity contribution is 0.152. The van der Waals surface area contributed by atoms with Crippen LogP contribution >= 0.6 is 0 Å². The maximum atomic E-state index is 12.3. The molecule has 0 fully saturated rings. The summed E-state index contributed by atoms with van der Waals surface area (Å²) in [6.45, 7) is 3.27. The molecule has 6 nitrogen and oxygen atoms in total. The molecule has 0 aliphatic carbocycles. The third kappa shape index (κ3) is 3.68. The van der Waals surface area contributed by atoms with Crippen LogP contribution in [0.4, 0.5) is 0 Å². The smallest absolute Gasteiger partial charge is 0.240 e. The average molecular weight is 325 g/mol. The molecular weight excluding hydrogens is 306 g/mol. The first-order valence-corrected chi connectivity index (χ1v) is 8.20. The highest BCUT2D eigenvalue weighted by Crippen LogP contribution is 2.21. The zero-order valence-electron chi connectivity index (χ0n) is 12.7. The number of methoxy groups -OCH3 is 1. The van der Waals surface area contributed by atoms with Gasteiger partial charge in [-0.2, -0.15) is 0 Å². The monoisotopic (exact) mass is 325 g/mol. The molecule has 1 aromatic carbocycles. The van der Waals surface area contributed by atoms with Gasteiger partial charge in [-0.1, -0.05) is 0 Å². The first-order valence-electron chi connectivity index (χ1n) is 6.72. The molecule has 0 saturated heterocycles. The number of rotatable bonds is 6. The van der Waals surface area contributed by atoms with Crippen molar-refractivity contribution in [3.05, 3.63) is 47.4 Å². The summed E-state index contributed by atoms with van der Waals surface area (Å²) in [5.74, 6) is 1.57. The van der Waals surface area contributed by atoms with E-state index in [4.69, 9.17) is 9.15 Å². The number of aryl methyl sites for hydroxylation is 2. The lowest BCUT2D eigenvalue weighted by Crippen LogP contribution is -2.29. The third-order valence-electron chi connectivity index (χ3n) is 3.23. The van der Waals surface area contributed by atoms with Crippen molar-refractivity contribution < 1.29 is 22.7 Å². The van der Waals surface area contributed by atoms with E-state index in [1.807, 2.05) is 0 Å². The Hall–Kier alpha value is -1.83. The molecule has 0 unspecified atom stereocenters. The zero-order valence-corrected chi connectivity index (χ0v) is 13.5. The van der Waals surface area contributed by atoms with E-state index in [9.17, 15) is 13.5 Å². The van der Waals surface area contributed by atoms with Crippen molar-refractivity contribution >= 4 is 10.0 Å². The molecule has 0 bridgehead atoms. The second-order valence-corrected chi connectivity index (χ2v) is 6.68. The second-order valence-electron chi connectivity index (χ2n) is 4.95. The summed E-state index contributed by atoms with van der Waals surface area (Å²) >= 11 is 0. The van der Waals surface area contributed by atoms with Crippen LogP contribution in [-0.4, -0.2) is 27.2 Å². The zero-order chi connectivity index (χ0) is 16.3. The van der Waals surface area contributed by atoms with E-state index in [2.05, 4.69) is 4.72 Å². The summed E-state index contributed by atoms with van der Waals surface area (Å²) < 4.78 is 37.3. The van der Waals surface area contributed by atoms with E-state index in [1.165, 1.54) is 13.2 Å². The van der Waals surface area contributed by atoms with Crippen molar-refractivity contribution in [3.63, 3.8) is 0 Å². The maximum Gasteiger partial charge on any atom is 0.240 e. The molecule has 22 heavy (non-hydrogen) atoms. The number of hydrogen-bond acceptors (Lipinski definition) is 5. The molecular formula is C15H19NO5S. The van der Waals surface area contributed by atoms with Gasteiger partial charge in [0.15, 0.2) is 0 Å². The Balaban J connectivity index is 2.11. The Morgan fingerprint density at radius 2 is 2.00 bits per heavy atom. The molecule has 0 saturated carbocycles. The number of aliphatic hydroxyl groups is 1. The molecule has 0 aliphatic rings. The van der Waals surface area contributed by atoms with E-state index in [0.717, 1.165) is 0 Å². The van der Waals surface area contributed by atoms with Gasteiger partial charge in [0.25, 0.3) is 0 Å². The number of hydrogen-bond donors (Lipinski definition) is 2. The molecule has 0 aliphatic heterocycles. The first-order chi connectivity index (χ1) is 10.3. The number of aliphatic hydroxyl groups excluding tert-OH is 1. The van der Waals surface area contributed by atoms with Crippen LogP contribution in [0.25, 0.3) is 0 Å². The fraction of sp³-hybridized carbons (Fsp3) is 0.333. The van der Waals surface area contributed by atoms with Gasteiger partial charge >= 0.3 is 0 Å². The minimum Gasteiger partial charge on any atom is -0.497 e. The van der Waals surface area contributed by atoms with Gasteiger partial charge in [0.2, 0.25) is 10.0 Å². The van der Waals surface area contributed by atoms with E-state index >= 15 is 0 Å². The molecule has 0 amide bonds. The van der Waals surface area contributed by atoms with Crippen LogP contribution in [0, 0.1) is 13.8 Å². The molecule has 1 heterocycles. The van der Waals surface area contributed by atoms with Gasteiger partial charge in [-0.25, -0.2) is 13.1 Å². The lowest BCUT2D eigenvalue weighted by atomic mass is 10.2. The van der Waals surface area contributed by atoms with Crippen LogP contribution in [-0.2, 0) is 10.0 Å². The summed E-state index contributed by atoms with van der Waals surface area (Å²) in [6.07, 6.45) is -1.04. The SMILES string of the molecule is COc1ccc(S(=O)(=O)NC[C@H](O)c2ccc(C)o2)c(C)c1. The molecule has 0 spiro atoms. The first kappa shape index (κ1) is 16.5. The molecule has 2 rings (SSSR count). The predicted molar refractivity (Wildman–Crippen MR) is 81.3 cm³/mol. The highest BCUT2D eigenvalue weighted by Gasteiger charge is 2.20. The summed E-state index contributed by atoms with van der Waals surface area (Å²) in [6, 6.07) is 8.02. The third-order valence-corrected chi connectivity index (χ3v) is 4.81. The molecule has 0 radical (unpaired) electrons. The summed E-state index contributed by atoms with van der Waals surface area (Å²) in [5.41, 5.74) is 0.565. The molecule has 2 aromatic rings. The van der Waals surface area contributed by atoms with Gasteiger partial charge in [-0.15, -0.1) is 0 Å². The van der Waals surface area contributed by atoms with Crippen molar-refractivity contribution in [2.45, 2.75) is 24.8 Å². The van der Waals surface area contributed by atoms with Crippen LogP contribution in [0.15, 0.2) is 39.6 Å². The Labute approximate surface area is 129 Å². The van der Waals surface area contributed by atoms with Gasteiger partial charge in [-0.3, -0.25) is 0 Å². The van der Waals surface area contributed by atoms with Gasteiger partial charge < -0.3 is 14.3 Å². The number of sulfonamides is 1. The summed E-state index contributed by atoms with van der Waals surface area (Å²) in [4.78, 5) is 0.149. The van der Waals surface area contributed by atoms with Crippen molar-refractivity contribution in [2.75, 3.05) is 13.7 Å². The number of furan rings is 1. The minimum absolute atomic E-state index is 0.149. The highest BCUT2D eigenvalue weighted by atomic mass is 32.2. The van der Waals surface area contributed by atoms with Gasteiger partial charge in [0, 0.05) is 6.54 Å². The van der Waals surface area contributed by atoms with E-state index < -0.39 is 16.1 Å². The standard InChI is InChI=1S/C15H19NO5S/c1-10-8-12(20-3)5-7-15(10)22(18,19)16-9-13(17)14-6-4-11(2)21-14/h4-8,13,16-17H,9H2,1-3H3/t13-/m0/s1. The topological polar surface area (TPSA) is 88.8 Å². The quantitative estimate of drug-likeness (QED) is 0.847. The second kappa shape index (κ2) is 6.51. The van der Waals surface area contributed by atoms with Crippen LogP contribution < -0.4 is 9.46 Å². The Morgan fingerprint density at radius 1 is 1.27 bits per heavy atom.